The Kier molecular flexibility index (Phi) is 26.3. The lowest BCUT2D eigenvalue weighted by Gasteiger charge is -2.05. The van der Waals surface area contributed by atoms with Gasteiger partial charge in [-0.2, -0.15) is 0 Å². The Labute approximate surface area is 851 Å². The van der Waals surface area contributed by atoms with Crippen molar-refractivity contribution in [1.29, 1.82) is 0 Å². The van der Waals surface area contributed by atoms with E-state index in [1.165, 1.54) is 218 Å². The third-order valence-corrected chi connectivity index (χ3v) is 31.5. The van der Waals surface area contributed by atoms with Gasteiger partial charge < -0.3 is 22.1 Å². The molecule has 0 aliphatic heterocycles. The second-order valence-corrected chi connectivity index (χ2v) is 41.2. The minimum Gasteiger partial charge on any atom is -0.456 e. The van der Waals surface area contributed by atoms with Crippen molar-refractivity contribution in [3.63, 3.8) is 0 Å². The fourth-order valence-electron chi connectivity index (χ4n) is 19.5. The van der Waals surface area contributed by atoms with Gasteiger partial charge in [0.1, 0.15) is 55.8 Å². The molecule has 30 rings (SSSR count). The van der Waals surface area contributed by atoms with Crippen molar-refractivity contribution < 1.29 is 22.1 Å². The van der Waals surface area contributed by atoms with Gasteiger partial charge in [0.15, 0.2) is 0 Å². The zero-order valence-corrected chi connectivity index (χ0v) is 84.7. The minimum atomic E-state index is 0.946. The lowest BCUT2D eigenvalue weighted by Crippen LogP contribution is -1.81. The molecule has 30 aromatic rings. The summed E-state index contributed by atoms with van der Waals surface area (Å²) in [7, 11) is 0. The molecule has 0 bridgehead atoms. The quantitative estimate of drug-likeness (QED) is 0.176. The Balaban J connectivity index is 0.0000000929. The third-order valence-electron chi connectivity index (χ3n) is 26.7. The van der Waals surface area contributed by atoms with Crippen LogP contribution in [0.1, 0.15) is 50.1 Å². The molecule has 0 unspecified atom stereocenters. The fraction of sp³-hybridized carbons (Fsp3) is 0.0667. The van der Waals surface area contributed by atoms with Crippen LogP contribution in [-0.4, -0.2) is 0 Å². The van der Waals surface area contributed by atoms with E-state index in [1.807, 2.05) is 130 Å². The Morgan fingerprint density at radius 2 is 0.465 bits per heavy atom. The van der Waals surface area contributed by atoms with Crippen LogP contribution in [0.3, 0.4) is 0 Å². The first-order valence-electron chi connectivity index (χ1n) is 48.8. The van der Waals surface area contributed by atoms with Crippen LogP contribution in [0.4, 0.5) is 0 Å². The smallest absolute Gasteiger partial charge is 0.135 e. The molecular weight excluding hydrogens is 1830 g/mol. The summed E-state index contributed by atoms with van der Waals surface area (Å²) in [5, 5.41) is 23.1. The van der Waals surface area contributed by atoms with Gasteiger partial charge in [0.25, 0.3) is 0 Å². The topological polar surface area (TPSA) is 65.7 Å². The second-order valence-electron chi connectivity index (χ2n) is 36.9. The van der Waals surface area contributed by atoms with Gasteiger partial charge in [0, 0.05) is 135 Å². The van der Waals surface area contributed by atoms with Crippen molar-refractivity contribution in [3.8, 4) is 33.4 Å². The van der Waals surface area contributed by atoms with Gasteiger partial charge in [-0.1, -0.05) is 344 Å². The Bertz CT molecular complexity index is 9690. The normalized spacial score (nSPS) is 11.2. The lowest BCUT2D eigenvalue weighted by molar-refractivity contribution is 0.668. The van der Waals surface area contributed by atoms with E-state index in [9.17, 15) is 0 Å². The Hall–Kier alpha value is -16.5. The monoisotopic (exact) mass is 1930 g/mol. The predicted molar refractivity (Wildman–Crippen MR) is 625 cm³/mol. The standard InChI is InChI=1S/3C19H14O.2C13H10O.4C13H10S/c1-13-5-4-6-14(11-13)15-9-10-19-17(12-15)16-7-2-3-8-18(16)20-19;1-13-6-2-3-7-15(13)14-10-11-19-17(12-14)16-8-4-5-9-18(16)20-19;1-13-6-8-14(9-7-13)15-10-11-19-17(12-15)16-4-2-3-5-18(16)20-19;1-9-5-4-8-12-13(9)10-6-2-3-7-11(10)14-12;1-9-6-7-11-10-4-2-3-5-12(10)14-13(11)8-9;1-9-5-4-7-11-10-6-2-3-8-12(10)14-13(9)11;1-9-5-4-8-12-13(9)10-6-2-3-7-11(10)14-12;1-9-6-7-13-11(8-9)10-4-2-3-5-12(10)14-13;1-9-6-7-11-10-4-2-3-5-12(10)14-13(11)8-9/h3*2-12H,1H3;6*2-8H,1H3. The summed E-state index contributed by atoms with van der Waals surface area (Å²) < 4.78 is 40.2. The number of aryl methyl sites for hydroxylation is 9. The van der Waals surface area contributed by atoms with E-state index >= 15 is 0 Å². The molecule has 0 atom stereocenters. The van der Waals surface area contributed by atoms with Crippen LogP contribution >= 0.6 is 45.3 Å². The van der Waals surface area contributed by atoms with Gasteiger partial charge in [0.05, 0.1) is 0 Å². The number of rotatable bonds is 3. The van der Waals surface area contributed by atoms with Gasteiger partial charge in [-0.25, -0.2) is 0 Å². The summed E-state index contributed by atoms with van der Waals surface area (Å²) >= 11 is 7.51. The van der Waals surface area contributed by atoms with Gasteiger partial charge in [-0.15, -0.1) is 45.3 Å². The van der Waals surface area contributed by atoms with Crippen LogP contribution in [0.2, 0.25) is 0 Å². The fourth-order valence-corrected chi connectivity index (χ4v) is 24.1. The maximum atomic E-state index is 5.87. The summed E-state index contributed by atoms with van der Waals surface area (Å²) in [6, 6.07) is 159. The summed E-state index contributed by atoms with van der Waals surface area (Å²) in [6.45, 7) is 19.2. The predicted octanol–water partition coefficient (Wildman–Crippen LogP) is 41.9. The van der Waals surface area contributed by atoms with Crippen LogP contribution in [0.15, 0.2) is 477 Å². The molecule has 9 aromatic heterocycles. The number of hydrogen-bond donors (Lipinski definition) is 0. The number of fused-ring (bicyclic) bond motifs is 27. The Morgan fingerprint density at radius 1 is 0.139 bits per heavy atom. The van der Waals surface area contributed by atoms with E-state index in [0.717, 1.165) is 55.8 Å². The summed E-state index contributed by atoms with van der Waals surface area (Å²) in [6.07, 6.45) is 0. The van der Waals surface area contributed by atoms with Crippen LogP contribution in [0.25, 0.3) is 224 Å². The van der Waals surface area contributed by atoms with Crippen LogP contribution in [-0.2, 0) is 0 Å². The molecule has 21 aromatic carbocycles. The second kappa shape index (κ2) is 41.0. The van der Waals surface area contributed by atoms with Crippen molar-refractivity contribution >= 4 is 236 Å². The highest BCUT2D eigenvalue weighted by atomic mass is 32.1. The molecule has 0 aliphatic rings. The van der Waals surface area contributed by atoms with Crippen molar-refractivity contribution in [3.05, 3.63) is 505 Å². The van der Waals surface area contributed by atoms with Gasteiger partial charge in [-0.05, 0) is 256 Å². The summed E-state index contributed by atoms with van der Waals surface area (Å²) in [5.41, 5.74) is 28.8. The van der Waals surface area contributed by atoms with E-state index in [4.69, 9.17) is 22.1 Å². The maximum Gasteiger partial charge on any atom is 0.135 e. The molecule has 696 valence electrons. The van der Waals surface area contributed by atoms with E-state index < -0.39 is 0 Å². The molecule has 0 amide bonds. The molecule has 0 saturated carbocycles. The molecule has 0 saturated heterocycles. The number of para-hydroxylation sites is 5. The molecule has 0 spiro atoms. The van der Waals surface area contributed by atoms with E-state index in [2.05, 4.69) is 432 Å². The number of thiophene rings is 4. The number of benzene rings is 21. The molecule has 0 fully saturated rings. The van der Waals surface area contributed by atoms with E-state index in [-0.39, 0.29) is 0 Å². The summed E-state index contributed by atoms with van der Waals surface area (Å²) in [4.78, 5) is 0. The molecule has 0 aliphatic carbocycles. The van der Waals surface area contributed by atoms with E-state index in [1.54, 1.807) is 0 Å². The highest BCUT2D eigenvalue weighted by Gasteiger charge is 2.17. The van der Waals surface area contributed by atoms with E-state index in [0.29, 0.717) is 0 Å². The van der Waals surface area contributed by atoms with Crippen molar-refractivity contribution in [2.75, 3.05) is 0 Å². The van der Waals surface area contributed by atoms with Crippen molar-refractivity contribution in [2.45, 2.75) is 62.3 Å². The average molecular weight is 1930 g/mol. The largest absolute Gasteiger partial charge is 0.456 e. The molecule has 9 heterocycles. The van der Waals surface area contributed by atoms with Crippen molar-refractivity contribution in [2.24, 2.45) is 0 Å². The van der Waals surface area contributed by atoms with Gasteiger partial charge in [-0.3, -0.25) is 0 Å². The molecule has 0 N–H and O–H groups in total. The molecule has 144 heavy (non-hydrogen) atoms. The molecular formula is C135H102O5S4. The highest BCUT2D eigenvalue weighted by Crippen LogP contribution is 2.43. The van der Waals surface area contributed by atoms with Gasteiger partial charge in [0.2, 0.25) is 0 Å². The first kappa shape index (κ1) is 92.5. The minimum absolute atomic E-state index is 0.946. The van der Waals surface area contributed by atoms with Crippen LogP contribution in [0.5, 0.6) is 0 Å². The molecule has 0 radical (unpaired) electrons. The van der Waals surface area contributed by atoms with Crippen LogP contribution < -0.4 is 0 Å². The first-order valence-corrected chi connectivity index (χ1v) is 52.0. The van der Waals surface area contributed by atoms with Crippen molar-refractivity contribution in [1.82, 2.24) is 0 Å². The third kappa shape index (κ3) is 19.3. The molecule has 9 heteroatoms. The Morgan fingerprint density at radius 3 is 1.06 bits per heavy atom. The first-order chi connectivity index (χ1) is 70.6. The highest BCUT2D eigenvalue weighted by molar-refractivity contribution is 7.27. The van der Waals surface area contributed by atoms with Gasteiger partial charge >= 0.3 is 0 Å². The lowest BCUT2D eigenvalue weighted by atomic mass is 9.99. The SMILES string of the molecule is Cc1ccc(-c2ccc3oc4ccccc4c3c2)cc1.Cc1ccc2c(c1)oc1ccccc12.Cc1ccc2c(c1)sc1ccccc12.Cc1ccc2sc3ccccc3c2c1.Cc1cccc(-c2ccc3oc4ccccc4c3c2)c1.Cc1cccc2c1sc1ccccc12.Cc1cccc2oc3ccccc3c12.Cc1cccc2sc3ccccc3c12.Cc1ccccc1-c1ccc2oc3ccccc3c2c1. The zero-order chi connectivity index (χ0) is 97.8. The van der Waals surface area contributed by atoms with Crippen LogP contribution in [0, 0.1) is 62.3 Å². The molecule has 5 nitrogen and oxygen atoms in total. The number of furan rings is 5. The maximum absolute atomic E-state index is 5.87. The number of hydrogen-bond acceptors (Lipinski definition) is 9. The summed E-state index contributed by atoms with van der Waals surface area (Å²) in [5.74, 6) is 0. The zero-order valence-electron chi connectivity index (χ0n) is 81.5. The average Bonchev–Trinajstić information content (AvgIpc) is 1.64.